The van der Waals surface area contributed by atoms with Crippen LogP contribution in [-0.2, 0) is 6.54 Å². The molecule has 4 nitrogen and oxygen atoms in total. The van der Waals surface area contributed by atoms with Crippen molar-refractivity contribution in [3.05, 3.63) is 34.7 Å². The largest absolute Gasteiger partial charge is 0.314 e. The molecule has 2 heterocycles. The fourth-order valence-electron chi connectivity index (χ4n) is 2.35. The van der Waals surface area contributed by atoms with Crippen LogP contribution in [0.4, 0.5) is 0 Å². The Balaban J connectivity index is 1.70. The van der Waals surface area contributed by atoms with Crippen LogP contribution in [0.1, 0.15) is 12.8 Å². The number of aromatic nitrogens is 1. The molecule has 0 amide bonds. The van der Waals surface area contributed by atoms with E-state index in [0.717, 1.165) is 19.6 Å². The summed E-state index contributed by atoms with van der Waals surface area (Å²) < 4.78 is 1.74. The number of nitrogens with zero attached hydrogens (tertiary/aromatic N) is 2. The van der Waals surface area contributed by atoms with E-state index in [4.69, 9.17) is 0 Å². The van der Waals surface area contributed by atoms with E-state index in [1.165, 1.54) is 19.4 Å². The first-order valence-corrected chi connectivity index (χ1v) is 6.34. The van der Waals surface area contributed by atoms with Crippen molar-refractivity contribution in [3.8, 4) is 0 Å². The Morgan fingerprint density at radius 1 is 1.47 bits per heavy atom. The number of hydrogen-bond acceptors (Lipinski definition) is 3. The van der Waals surface area contributed by atoms with Gasteiger partial charge in [0.25, 0.3) is 5.56 Å². The molecule has 1 atom stereocenters. The summed E-state index contributed by atoms with van der Waals surface area (Å²) >= 11 is 0. The van der Waals surface area contributed by atoms with Gasteiger partial charge in [-0.05, 0) is 32.5 Å². The molecule has 1 aromatic heterocycles. The van der Waals surface area contributed by atoms with Crippen LogP contribution in [0.15, 0.2) is 29.2 Å². The smallest absolute Gasteiger partial charge is 0.250 e. The Morgan fingerprint density at radius 2 is 2.35 bits per heavy atom. The third-order valence-electron chi connectivity index (χ3n) is 3.48. The van der Waals surface area contributed by atoms with Crippen LogP contribution in [0.25, 0.3) is 0 Å². The first kappa shape index (κ1) is 12.3. The van der Waals surface area contributed by atoms with E-state index in [9.17, 15) is 4.79 Å². The quantitative estimate of drug-likeness (QED) is 0.757. The normalized spacial score (nSPS) is 20.9. The number of nitrogens with one attached hydrogen (secondary N) is 1. The first-order valence-electron chi connectivity index (χ1n) is 6.34. The average molecular weight is 235 g/mol. The van der Waals surface area contributed by atoms with E-state index in [2.05, 4.69) is 17.3 Å². The third kappa shape index (κ3) is 3.41. The molecule has 4 heteroatoms. The van der Waals surface area contributed by atoms with Crippen LogP contribution in [0.3, 0.4) is 0 Å². The molecule has 0 radical (unpaired) electrons. The van der Waals surface area contributed by atoms with E-state index in [1.54, 1.807) is 16.7 Å². The van der Waals surface area contributed by atoms with Crippen LogP contribution < -0.4 is 10.9 Å². The Morgan fingerprint density at radius 3 is 3.06 bits per heavy atom. The van der Waals surface area contributed by atoms with Crippen LogP contribution in [0.5, 0.6) is 0 Å². The summed E-state index contributed by atoms with van der Waals surface area (Å²) in [5.41, 5.74) is 0.0762. The van der Waals surface area contributed by atoms with Crippen LogP contribution in [0.2, 0.25) is 0 Å². The predicted molar refractivity (Wildman–Crippen MR) is 69.2 cm³/mol. The first-order chi connectivity index (χ1) is 8.27. The van der Waals surface area contributed by atoms with Crippen molar-refractivity contribution in [3.63, 3.8) is 0 Å². The van der Waals surface area contributed by atoms with E-state index in [1.807, 2.05) is 12.3 Å². The van der Waals surface area contributed by atoms with Gasteiger partial charge in [0.15, 0.2) is 0 Å². The number of likely N-dealkylation sites (N-methyl/N-ethyl adjacent to an activating group) is 1. The van der Waals surface area contributed by atoms with Gasteiger partial charge in [0.1, 0.15) is 0 Å². The predicted octanol–water partition coefficient (Wildman–Crippen LogP) is 0.532. The topological polar surface area (TPSA) is 37.3 Å². The maximum absolute atomic E-state index is 11.4. The van der Waals surface area contributed by atoms with Gasteiger partial charge in [0, 0.05) is 37.9 Å². The molecule has 1 saturated heterocycles. The molecule has 94 valence electrons. The molecule has 0 spiro atoms. The molecule has 0 aliphatic carbocycles. The third-order valence-corrected chi connectivity index (χ3v) is 3.48. The molecule has 1 N–H and O–H groups in total. The Kier molecular flexibility index (Phi) is 4.34. The zero-order chi connectivity index (χ0) is 12.1. The summed E-state index contributed by atoms with van der Waals surface area (Å²) in [5.74, 6) is 0. The summed E-state index contributed by atoms with van der Waals surface area (Å²) in [5, 5.41) is 3.43. The molecule has 1 fully saturated rings. The lowest BCUT2D eigenvalue weighted by Crippen LogP contribution is -2.37. The Bertz CT molecular complexity index is 402. The summed E-state index contributed by atoms with van der Waals surface area (Å²) in [6.45, 7) is 3.84. The average Bonchev–Trinajstić information content (AvgIpc) is 2.73. The van der Waals surface area contributed by atoms with Crippen LogP contribution in [0, 0.1) is 0 Å². The molecular weight excluding hydrogens is 214 g/mol. The molecule has 1 unspecified atom stereocenters. The molecule has 1 aliphatic rings. The molecule has 0 saturated carbocycles. The van der Waals surface area contributed by atoms with Crippen LogP contribution in [-0.4, -0.2) is 42.2 Å². The SMILES string of the molecule is CN1CCCC1CNCCn1ccccc1=O. The molecule has 1 aromatic rings. The number of likely N-dealkylation sites (tertiary alicyclic amines) is 1. The zero-order valence-electron chi connectivity index (χ0n) is 10.4. The van der Waals surface area contributed by atoms with Crippen molar-refractivity contribution >= 4 is 0 Å². The summed E-state index contributed by atoms with van der Waals surface area (Å²) in [7, 11) is 2.18. The Hall–Kier alpha value is -1.13. The molecule has 0 aromatic carbocycles. The highest BCUT2D eigenvalue weighted by Crippen LogP contribution is 2.13. The minimum absolute atomic E-state index is 0.0762. The standard InChI is InChI=1S/C13H21N3O/c1-15-8-4-5-12(15)11-14-7-10-16-9-3-2-6-13(16)17/h2-3,6,9,12,14H,4-5,7-8,10-11H2,1H3. The Labute approximate surface area is 102 Å². The summed E-state index contributed by atoms with van der Waals surface area (Å²) in [6.07, 6.45) is 4.43. The molecule has 0 bridgehead atoms. The highest BCUT2D eigenvalue weighted by atomic mass is 16.1. The van der Waals surface area contributed by atoms with Gasteiger partial charge in [0.2, 0.25) is 0 Å². The van der Waals surface area contributed by atoms with Crippen molar-refractivity contribution in [1.82, 2.24) is 14.8 Å². The van der Waals surface area contributed by atoms with E-state index < -0.39 is 0 Å². The van der Waals surface area contributed by atoms with Gasteiger partial charge in [-0.1, -0.05) is 6.07 Å². The minimum Gasteiger partial charge on any atom is -0.314 e. The number of rotatable bonds is 5. The van der Waals surface area contributed by atoms with Crippen molar-refractivity contribution in [2.75, 3.05) is 26.7 Å². The van der Waals surface area contributed by atoms with Crippen molar-refractivity contribution in [1.29, 1.82) is 0 Å². The van der Waals surface area contributed by atoms with Gasteiger partial charge in [-0.2, -0.15) is 0 Å². The van der Waals surface area contributed by atoms with Crippen molar-refractivity contribution in [2.24, 2.45) is 0 Å². The minimum atomic E-state index is 0.0762. The molecule has 2 rings (SSSR count). The number of hydrogen-bond donors (Lipinski definition) is 1. The lowest BCUT2D eigenvalue weighted by Gasteiger charge is -2.19. The maximum Gasteiger partial charge on any atom is 0.250 e. The highest BCUT2D eigenvalue weighted by Gasteiger charge is 2.19. The van der Waals surface area contributed by atoms with Gasteiger partial charge >= 0.3 is 0 Å². The van der Waals surface area contributed by atoms with Gasteiger partial charge in [-0.15, -0.1) is 0 Å². The second-order valence-corrected chi connectivity index (χ2v) is 4.71. The fraction of sp³-hybridized carbons (Fsp3) is 0.615. The lowest BCUT2D eigenvalue weighted by atomic mass is 10.2. The molecular formula is C13H21N3O. The highest BCUT2D eigenvalue weighted by molar-refractivity contribution is 4.93. The van der Waals surface area contributed by atoms with E-state index in [-0.39, 0.29) is 5.56 Å². The van der Waals surface area contributed by atoms with Crippen LogP contribution >= 0.6 is 0 Å². The second kappa shape index (κ2) is 5.98. The second-order valence-electron chi connectivity index (χ2n) is 4.71. The fourth-order valence-corrected chi connectivity index (χ4v) is 2.35. The van der Waals surface area contributed by atoms with Gasteiger partial charge in [0.05, 0.1) is 0 Å². The summed E-state index contributed by atoms with van der Waals surface area (Å²) in [6, 6.07) is 5.94. The number of pyridine rings is 1. The van der Waals surface area contributed by atoms with Gasteiger partial charge in [-0.3, -0.25) is 4.79 Å². The molecule has 1 aliphatic heterocycles. The monoisotopic (exact) mass is 235 g/mol. The zero-order valence-corrected chi connectivity index (χ0v) is 10.4. The van der Waals surface area contributed by atoms with Crippen molar-refractivity contribution in [2.45, 2.75) is 25.4 Å². The van der Waals surface area contributed by atoms with E-state index in [0.29, 0.717) is 6.04 Å². The van der Waals surface area contributed by atoms with Gasteiger partial charge < -0.3 is 14.8 Å². The van der Waals surface area contributed by atoms with E-state index >= 15 is 0 Å². The lowest BCUT2D eigenvalue weighted by molar-refractivity contribution is 0.299. The molecule has 17 heavy (non-hydrogen) atoms. The van der Waals surface area contributed by atoms with Crippen molar-refractivity contribution < 1.29 is 0 Å². The van der Waals surface area contributed by atoms with Gasteiger partial charge in [-0.25, -0.2) is 0 Å². The summed E-state index contributed by atoms with van der Waals surface area (Å²) in [4.78, 5) is 13.9. The maximum atomic E-state index is 11.4.